The molecule has 4 aromatic rings. The summed E-state index contributed by atoms with van der Waals surface area (Å²) in [4.78, 5) is 9.00. The highest BCUT2D eigenvalue weighted by Crippen LogP contribution is 2.24. The molecule has 2 heterocycles. The Morgan fingerprint density at radius 2 is 2.04 bits per heavy atom. The zero-order valence-electron chi connectivity index (χ0n) is 14.8. The zero-order valence-corrected chi connectivity index (χ0v) is 14.8. The summed E-state index contributed by atoms with van der Waals surface area (Å²) in [6.07, 6.45) is 3.53. The standard InChI is InChI=1S/C20H19N5O2/c1-26-9-10-27-17-4-2-3-14(12-17)20-21-8-7-19(24-20)23-16-5-6-18-15(11-16)13-22-25-18/h2-8,11-13H,9-10H2,1H3,(H,22,25)(H,21,23,24). The number of hydrogen-bond acceptors (Lipinski definition) is 6. The van der Waals surface area contributed by atoms with Crippen LogP contribution in [0.1, 0.15) is 0 Å². The van der Waals surface area contributed by atoms with E-state index >= 15 is 0 Å². The number of benzene rings is 2. The summed E-state index contributed by atoms with van der Waals surface area (Å²) in [5, 5.41) is 11.3. The van der Waals surface area contributed by atoms with E-state index < -0.39 is 0 Å². The smallest absolute Gasteiger partial charge is 0.161 e. The largest absolute Gasteiger partial charge is 0.491 e. The molecule has 7 nitrogen and oxygen atoms in total. The predicted octanol–water partition coefficient (Wildman–Crippen LogP) is 3.79. The fraction of sp³-hybridized carbons (Fsp3) is 0.150. The first kappa shape index (κ1) is 17.0. The molecule has 0 atom stereocenters. The van der Waals surface area contributed by atoms with Crippen molar-refractivity contribution in [2.45, 2.75) is 0 Å². The van der Waals surface area contributed by atoms with Crippen molar-refractivity contribution in [2.24, 2.45) is 0 Å². The molecule has 0 fully saturated rings. The fourth-order valence-corrected chi connectivity index (χ4v) is 2.70. The second kappa shape index (κ2) is 7.84. The molecule has 0 saturated carbocycles. The van der Waals surface area contributed by atoms with Crippen LogP contribution < -0.4 is 10.1 Å². The van der Waals surface area contributed by atoms with Crippen molar-refractivity contribution < 1.29 is 9.47 Å². The normalized spacial score (nSPS) is 10.9. The molecule has 2 aromatic carbocycles. The highest BCUT2D eigenvalue weighted by atomic mass is 16.5. The van der Waals surface area contributed by atoms with Gasteiger partial charge in [-0.1, -0.05) is 12.1 Å². The topological polar surface area (TPSA) is 85.0 Å². The minimum Gasteiger partial charge on any atom is -0.491 e. The summed E-state index contributed by atoms with van der Waals surface area (Å²) in [5.74, 6) is 2.10. The highest BCUT2D eigenvalue weighted by Gasteiger charge is 2.06. The van der Waals surface area contributed by atoms with Crippen LogP contribution in [-0.4, -0.2) is 40.5 Å². The van der Waals surface area contributed by atoms with E-state index in [1.54, 1.807) is 19.5 Å². The average molecular weight is 361 g/mol. The van der Waals surface area contributed by atoms with E-state index in [-0.39, 0.29) is 0 Å². The average Bonchev–Trinajstić information content (AvgIpc) is 3.17. The van der Waals surface area contributed by atoms with Crippen LogP contribution in [0.4, 0.5) is 11.5 Å². The molecule has 0 saturated heterocycles. The summed E-state index contributed by atoms with van der Waals surface area (Å²) in [5.41, 5.74) is 2.82. The van der Waals surface area contributed by atoms with Crippen molar-refractivity contribution in [3.05, 3.63) is 60.9 Å². The van der Waals surface area contributed by atoms with Crippen molar-refractivity contribution in [3.8, 4) is 17.1 Å². The van der Waals surface area contributed by atoms with Gasteiger partial charge in [0.2, 0.25) is 0 Å². The number of nitrogens with zero attached hydrogens (tertiary/aromatic N) is 3. The van der Waals surface area contributed by atoms with Crippen molar-refractivity contribution in [2.75, 3.05) is 25.6 Å². The van der Waals surface area contributed by atoms with E-state index in [1.807, 2.05) is 48.5 Å². The molecule has 0 aliphatic rings. The maximum absolute atomic E-state index is 5.66. The molecule has 0 radical (unpaired) electrons. The van der Waals surface area contributed by atoms with Crippen LogP contribution in [-0.2, 0) is 4.74 Å². The molecular formula is C20H19N5O2. The van der Waals surface area contributed by atoms with Gasteiger partial charge in [-0.05, 0) is 36.4 Å². The third kappa shape index (κ3) is 4.04. The van der Waals surface area contributed by atoms with Gasteiger partial charge >= 0.3 is 0 Å². The Morgan fingerprint density at radius 1 is 1.07 bits per heavy atom. The molecule has 4 rings (SSSR count). The van der Waals surface area contributed by atoms with E-state index in [4.69, 9.17) is 9.47 Å². The Morgan fingerprint density at radius 3 is 2.96 bits per heavy atom. The van der Waals surface area contributed by atoms with Crippen LogP contribution in [0, 0.1) is 0 Å². The first-order chi connectivity index (χ1) is 13.3. The van der Waals surface area contributed by atoms with Gasteiger partial charge in [-0.15, -0.1) is 0 Å². The number of nitrogens with one attached hydrogen (secondary N) is 2. The van der Waals surface area contributed by atoms with E-state index in [0.717, 1.165) is 27.9 Å². The van der Waals surface area contributed by atoms with Crippen LogP contribution in [0.15, 0.2) is 60.9 Å². The summed E-state index contributed by atoms with van der Waals surface area (Å²) >= 11 is 0. The summed E-state index contributed by atoms with van der Waals surface area (Å²) in [6.45, 7) is 1.04. The summed E-state index contributed by atoms with van der Waals surface area (Å²) in [6, 6.07) is 15.5. The van der Waals surface area contributed by atoms with Crippen LogP contribution in [0.2, 0.25) is 0 Å². The quantitative estimate of drug-likeness (QED) is 0.487. The lowest BCUT2D eigenvalue weighted by molar-refractivity contribution is 0.146. The summed E-state index contributed by atoms with van der Waals surface area (Å²) < 4.78 is 10.7. The third-order valence-corrected chi connectivity index (χ3v) is 4.02. The molecular weight excluding hydrogens is 342 g/mol. The third-order valence-electron chi connectivity index (χ3n) is 4.02. The van der Waals surface area contributed by atoms with Gasteiger partial charge < -0.3 is 14.8 Å². The maximum atomic E-state index is 5.66. The van der Waals surface area contributed by atoms with Crippen molar-refractivity contribution in [1.82, 2.24) is 20.2 Å². The van der Waals surface area contributed by atoms with Crippen LogP contribution in [0.5, 0.6) is 5.75 Å². The molecule has 7 heteroatoms. The molecule has 2 aromatic heterocycles. The Kier molecular flexibility index (Phi) is 4.93. The fourth-order valence-electron chi connectivity index (χ4n) is 2.70. The lowest BCUT2D eigenvalue weighted by Crippen LogP contribution is -2.04. The molecule has 0 unspecified atom stereocenters. The Balaban J connectivity index is 1.54. The first-order valence-electron chi connectivity index (χ1n) is 8.57. The van der Waals surface area contributed by atoms with E-state index in [9.17, 15) is 0 Å². The van der Waals surface area contributed by atoms with Gasteiger partial charge in [0.15, 0.2) is 5.82 Å². The van der Waals surface area contributed by atoms with E-state index in [2.05, 4.69) is 25.5 Å². The first-order valence-corrected chi connectivity index (χ1v) is 8.57. The molecule has 136 valence electrons. The molecule has 0 aliphatic heterocycles. The minimum atomic E-state index is 0.499. The van der Waals surface area contributed by atoms with Gasteiger partial charge in [0.25, 0.3) is 0 Å². The molecule has 0 bridgehead atoms. The number of anilines is 2. The number of H-pyrrole nitrogens is 1. The van der Waals surface area contributed by atoms with Crippen molar-refractivity contribution >= 4 is 22.4 Å². The number of rotatable bonds is 7. The number of methoxy groups -OCH3 is 1. The summed E-state index contributed by atoms with van der Waals surface area (Å²) in [7, 11) is 1.65. The van der Waals surface area contributed by atoms with Gasteiger partial charge in [-0.25, -0.2) is 9.97 Å². The number of aromatic nitrogens is 4. The molecule has 0 amide bonds. The maximum Gasteiger partial charge on any atom is 0.161 e. The number of aromatic amines is 1. The minimum absolute atomic E-state index is 0.499. The van der Waals surface area contributed by atoms with Gasteiger partial charge in [0, 0.05) is 29.9 Å². The Labute approximate surface area is 156 Å². The lowest BCUT2D eigenvalue weighted by Gasteiger charge is -2.09. The number of fused-ring (bicyclic) bond motifs is 1. The van der Waals surface area contributed by atoms with E-state index in [1.165, 1.54) is 0 Å². The van der Waals surface area contributed by atoms with Gasteiger partial charge in [0.05, 0.1) is 18.3 Å². The molecule has 27 heavy (non-hydrogen) atoms. The van der Waals surface area contributed by atoms with Crippen molar-refractivity contribution in [1.29, 1.82) is 0 Å². The predicted molar refractivity (Wildman–Crippen MR) is 104 cm³/mol. The van der Waals surface area contributed by atoms with Gasteiger partial charge in [0.1, 0.15) is 18.2 Å². The number of hydrogen-bond donors (Lipinski definition) is 2. The zero-order chi connectivity index (χ0) is 18.5. The second-order valence-corrected chi connectivity index (χ2v) is 5.93. The molecule has 0 spiro atoms. The van der Waals surface area contributed by atoms with Crippen LogP contribution in [0.25, 0.3) is 22.3 Å². The monoisotopic (exact) mass is 361 g/mol. The molecule has 0 aliphatic carbocycles. The lowest BCUT2D eigenvalue weighted by atomic mass is 10.2. The van der Waals surface area contributed by atoms with Crippen LogP contribution in [0.3, 0.4) is 0 Å². The second-order valence-electron chi connectivity index (χ2n) is 5.93. The SMILES string of the molecule is COCCOc1cccc(-c2nccc(Nc3ccc4[nH]ncc4c3)n2)c1. The number of ether oxygens (including phenoxy) is 2. The Hall–Kier alpha value is -3.45. The van der Waals surface area contributed by atoms with Crippen molar-refractivity contribution in [3.63, 3.8) is 0 Å². The van der Waals surface area contributed by atoms with Gasteiger partial charge in [-0.2, -0.15) is 5.10 Å². The Bertz CT molecular complexity index is 1050. The van der Waals surface area contributed by atoms with E-state index in [0.29, 0.717) is 24.9 Å². The van der Waals surface area contributed by atoms with Crippen LogP contribution >= 0.6 is 0 Å². The van der Waals surface area contributed by atoms with Gasteiger partial charge in [-0.3, -0.25) is 5.10 Å². The molecule has 2 N–H and O–H groups in total. The highest BCUT2D eigenvalue weighted by molar-refractivity contribution is 5.82.